The Balaban J connectivity index is 1.82. The third-order valence-electron chi connectivity index (χ3n) is 4.69. The molecule has 0 aliphatic heterocycles. The van der Waals surface area contributed by atoms with E-state index >= 15 is 0 Å². The van der Waals surface area contributed by atoms with E-state index in [-0.39, 0.29) is 0 Å². The lowest BCUT2D eigenvalue weighted by Gasteiger charge is -2.34. The standard InChI is InChI=1S/C17H22ClN3/c1-17(2)7-5-11(6-8-17)13-4-3-12(9-14(13)18)15-10-16(19)21-20-15/h3-4,9-11H,5-8H2,1-2H3,(H3,19,20,21). The van der Waals surface area contributed by atoms with Crippen LogP contribution >= 0.6 is 11.6 Å². The molecule has 1 heterocycles. The molecule has 1 saturated carbocycles. The summed E-state index contributed by atoms with van der Waals surface area (Å²) < 4.78 is 0. The molecule has 0 atom stereocenters. The summed E-state index contributed by atoms with van der Waals surface area (Å²) in [5.41, 5.74) is 9.35. The van der Waals surface area contributed by atoms with Crippen molar-refractivity contribution < 1.29 is 0 Å². The van der Waals surface area contributed by atoms with Crippen LogP contribution in [0.15, 0.2) is 24.3 Å². The van der Waals surface area contributed by atoms with Crippen LogP contribution in [0.1, 0.15) is 51.0 Å². The Morgan fingerprint density at radius 1 is 1.24 bits per heavy atom. The zero-order valence-corrected chi connectivity index (χ0v) is 13.4. The highest BCUT2D eigenvalue weighted by molar-refractivity contribution is 6.31. The number of nitrogens with two attached hydrogens (primary N) is 1. The molecule has 21 heavy (non-hydrogen) atoms. The first kappa shape index (κ1) is 14.5. The molecule has 0 bridgehead atoms. The maximum atomic E-state index is 6.52. The van der Waals surface area contributed by atoms with Crippen LogP contribution in [-0.4, -0.2) is 10.2 Å². The predicted octanol–water partition coefficient (Wildman–Crippen LogP) is 5.00. The molecule has 0 spiro atoms. The van der Waals surface area contributed by atoms with E-state index in [1.54, 1.807) is 0 Å². The first-order chi connectivity index (χ1) is 9.94. The molecule has 4 heteroatoms. The van der Waals surface area contributed by atoms with E-state index < -0.39 is 0 Å². The fourth-order valence-electron chi connectivity index (χ4n) is 3.22. The lowest BCUT2D eigenvalue weighted by Crippen LogP contribution is -2.20. The number of H-pyrrole nitrogens is 1. The van der Waals surface area contributed by atoms with E-state index in [2.05, 4.69) is 36.2 Å². The molecular weight excluding hydrogens is 282 g/mol. The van der Waals surface area contributed by atoms with Crippen molar-refractivity contribution in [1.82, 2.24) is 10.2 Å². The fraction of sp³-hybridized carbons (Fsp3) is 0.471. The molecule has 3 nitrogen and oxygen atoms in total. The molecular formula is C17H22ClN3. The van der Waals surface area contributed by atoms with Crippen molar-refractivity contribution in [3.05, 3.63) is 34.9 Å². The van der Waals surface area contributed by atoms with Gasteiger partial charge in [-0.25, -0.2) is 0 Å². The van der Waals surface area contributed by atoms with Crippen LogP contribution in [-0.2, 0) is 0 Å². The van der Waals surface area contributed by atoms with E-state index in [1.807, 2.05) is 12.1 Å². The molecule has 0 saturated heterocycles. The monoisotopic (exact) mass is 303 g/mol. The second kappa shape index (κ2) is 5.38. The summed E-state index contributed by atoms with van der Waals surface area (Å²) in [6.07, 6.45) is 4.99. The van der Waals surface area contributed by atoms with Crippen molar-refractivity contribution in [2.75, 3.05) is 5.73 Å². The quantitative estimate of drug-likeness (QED) is 0.820. The minimum absolute atomic E-state index is 0.483. The summed E-state index contributed by atoms with van der Waals surface area (Å²) in [7, 11) is 0. The Morgan fingerprint density at radius 3 is 2.52 bits per heavy atom. The Labute approximate surface area is 130 Å². The van der Waals surface area contributed by atoms with Crippen molar-refractivity contribution in [3.8, 4) is 11.3 Å². The number of nitrogens with one attached hydrogen (secondary N) is 1. The fourth-order valence-corrected chi connectivity index (χ4v) is 3.56. The largest absolute Gasteiger partial charge is 0.382 e. The predicted molar refractivity (Wildman–Crippen MR) is 88.4 cm³/mol. The smallest absolute Gasteiger partial charge is 0.145 e. The summed E-state index contributed by atoms with van der Waals surface area (Å²) >= 11 is 6.52. The molecule has 0 amide bonds. The Morgan fingerprint density at radius 2 is 1.95 bits per heavy atom. The van der Waals surface area contributed by atoms with Gasteiger partial charge in [-0.15, -0.1) is 0 Å². The zero-order chi connectivity index (χ0) is 15.0. The number of aromatic amines is 1. The van der Waals surface area contributed by atoms with Crippen LogP contribution in [0.2, 0.25) is 5.02 Å². The zero-order valence-electron chi connectivity index (χ0n) is 12.6. The van der Waals surface area contributed by atoms with Crippen LogP contribution < -0.4 is 5.73 Å². The van der Waals surface area contributed by atoms with Gasteiger partial charge >= 0.3 is 0 Å². The van der Waals surface area contributed by atoms with Crippen LogP contribution in [0.3, 0.4) is 0 Å². The molecule has 2 aromatic rings. The van der Waals surface area contributed by atoms with Gasteiger partial charge in [-0.3, -0.25) is 5.10 Å². The molecule has 1 aromatic carbocycles. The highest BCUT2D eigenvalue weighted by atomic mass is 35.5. The number of nitrogen functional groups attached to an aromatic ring is 1. The molecule has 1 aliphatic carbocycles. The Kier molecular flexibility index (Phi) is 3.70. The van der Waals surface area contributed by atoms with E-state index in [4.69, 9.17) is 17.3 Å². The van der Waals surface area contributed by atoms with Gasteiger partial charge in [0, 0.05) is 16.7 Å². The first-order valence-electron chi connectivity index (χ1n) is 7.55. The first-order valence-corrected chi connectivity index (χ1v) is 7.93. The van der Waals surface area contributed by atoms with Gasteiger partial charge < -0.3 is 5.73 Å². The summed E-state index contributed by atoms with van der Waals surface area (Å²) in [5.74, 6) is 1.09. The number of benzene rings is 1. The highest BCUT2D eigenvalue weighted by Gasteiger charge is 2.28. The van der Waals surface area contributed by atoms with Crippen LogP contribution in [0.4, 0.5) is 5.82 Å². The lowest BCUT2D eigenvalue weighted by molar-refractivity contribution is 0.224. The summed E-state index contributed by atoms with van der Waals surface area (Å²) in [6.45, 7) is 4.72. The molecule has 1 aromatic heterocycles. The maximum Gasteiger partial charge on any atom is 0.145 e. The van der Waals surface area contributed by atoms with Crippen molar-refractivity contribution in [2.24, 2.45) is 5.41 Å². The Hall–Kier alpha value is -1.48. The van der Waals surface area contributed by atoms with E-state index in [0.29, 0.717) is 17.2 Å². The number of halogens is 1. The van der Waals surface area contributed by atoms with Crippen LogP contribution in [0.5, 0.6) is 0 Å². The van der Waals surface area contributed by atoms with E-state index in [0.717, 1.165) is 16.3 Å². The summed E-state index contributed by atoms with van der Waals surface area (Å²) in [4.78, 5) is 0. The number of aromatic nitrogens is 2. The third-order valence-corrected chi connectivity index (χ3v) is 5.02. The number of hydrogen-bond acceptors (Lipinski definition) is 2. The van der Waals surface area contributed by atoms with E-state index in [9.17, 15) is 0 Å². The van der Waals surface area contributed by atoms with Gasteiger partial charge in [-0.05, 0) is 48.6 Å². The minimum Gasteiger partial charge on any atom is -0.382 e. The average Bonchev–Trinajstić information content (AvgIpc) is 2.86. The van der Waals surface area contributed by atoms with Gasteiger partial charge in [-0.1, -0.05) is 37.6 Å². The minimum atomic E-state index is 0.483. The molecule has 0 unspecified atom stereocenters. The van der Waals surface area contributed by atoms with Gasteiger partial charge in [0.05, 0.1) is 5.69 Å². The average molecular weight is 304 g/mol. The van der Waals surface area contributed by atoms with Gasteiger partial charge in [0.2, 0.25) is 0 Å². The SMILES string of the molecule is CC1(C)CCC(c2ccc(-c3cc(N)n[nH]3)cc2Cl)CC1. The van der Waals surface area contributed by atoms with Gasteiger partial charge in [0.25, 0.3) is 0 Å². The number of nitrogens with zero attached hydrogens (tertiary/aromatic N) is 1. The molecule has 1 aliphatic rings. The van der Waals surface area contributed by atoms with Gasteiger partial charge in [-0.2, -0.15) is 5.10 Å². The van der Waals surface area contributed by atoms with Crippen LogP contribution in [0.25, 0.3) is 11.3 Å². The normalized spacial score (nSPS) is 18.8. The molecule has 0 radical (unpaired) electrons. The van der Waals surface area contributed by atoms with Crippen molar-refractivity contribution in [1.29, 1.82) is 0 Å². The third kappa shape index (κ3) is 3.08. The summed E-state index contributed by atoms with van der Waals surface area (Å²) in [6, 6.07) is 8.11. The van der Waals surface area contributed by atoms with E-state index in [1.165, 1.54) is 31.2 Å². The van der Waals surface area contributed by atoms with Gasteiger partial charge in [0.15, 0.2) is 0 Å². The topological polar surface area (TPSA) is 54.7 Å². The van der Waals surface area contributed by atoms with Crippen LogP contribution in [0, 0.1) is 5.41 Å². The molecule has 3 N–H and O–H groups in total. The molecule has 3 rings (SSSR count). The maximum absolute atomic E-state index is 6.52. The van der Waals surface area contributed by atoms with Crippen molar-refractivity contribution in [2.45, 2.75) is 45.4 Å². The number of rotatable bonds is 2. The molecule has 1 fully saturated rings. The number of hydrogen-bond donors (Lipinski definition) is 2. The highest BCUT2D eigenvalue weighted by Crippen LogP contribution is 2.44. The van der Waals surface area contributed by atoms with Crippen molar-refractivity contribution >= 4 is 17.4 Å². The second-order valence-corrected chi connectivity index (χ2v) is 7.29. The van der Waals surface area contributed by atoms with Gasteiger partial charge in [0.1, 0.15) is 5.82 Å². The summed E-state index contributed by atoms with van der Waals surface area (Å²) in [5, 5.41) is 7.74. The molecule has 112 valence electrons. The Bertz CT molecular complexity index is 635. The number of anilines is 1. The second-order valence-electron chi connectivity index (χ2n) is 6.88. The lowest BCUT2D eigenvalue weighted by atomic mass is 9.71. The van der Waals surface area contributed by atoms with Crippen molar-refractivity contribution in [3.63, 3.8) is 0 Å².